The number of fused-ring (bicyclic) bond motifs is 3. The number of ether oxygens (including phenoxy) is 2. The maximum atomic E-state index is 13.3. The molecule has 1 fully saturated rings. The predicted molar refractivity (Wildman–Crippen MR) is 109 cm³/mol. The monoisotopic (exact) mass is 449 g/mol. The predicted octanol–water partition coefficient (Wildman–Crippen LogP) is 5.10. The van der Waals surface area contributed by atoms with Crippen LogP contribution in [-0.4, -0.2) is 22.3 Å². The SMILES string of the molecule is COc1cc(C2OCc3c4c(nc(C(C)C)c32)C(O)C2(CC2)CC4O)ccc1C(F)(F)F. The van der Waals surface area contributed by atoms with Crippen LogP contribution in [0.15, 0.2) is 18.2 Å². The highest BCUT2D eigenvalue weighted by atomic mass is 19.4. The van der Waals surface area contributed by atoms with E-state index >= 15 is 0 Å². The summed E-state index contributed by atoms with van der Waals surface area (Å²) < 4.78 is 51.0. The highest BCUT2D eigenvalue weighted by Gasteiger charge is 2.56. The molecule has 172 valence electrons. The normalized spacial score (nSPS) is 25.7. The molecule has 8 heteroatoms. The lowest BCUT2D eigenvalue weighted by Gasteiger charge is -2.35. The van der Waals surface area contributed by atoms with E-state index in [2.05, 4.69) is 0 Å². The lowest BCUT2D eigenvalue weighted by atomic mass is 9.76. The first kappa shape index (κ1) is 21.7. The fraction of sp³-hybridized carbons (Fsp3) is 0.542. The second-order valence-electron chi connectivity index (χ2n) is 9.48. The Kier molecular flexibility index (Phi) is 4.86. The van der Waals surface area contributed by atoms with E-state index in [0.29, 0.717) is 23.2 Å². The fourth-order valence-corrected chi connectivity index (χ4v) is 5.32. The summed E-state index contributed by atoms with van der Waals surface area (Å²) in [5.41, 5.74) is 2.85. The second-order valence-corrected chi connectivity index (χ2v) is 9.48. The topological polar surface area (TPSA) is 71.8 Å². The first-order valence-electron chi connectivity index (χ1n) is 10.9. The fourth-order valence-electron chi connectivity index (χ4n) is 5.32. The van der Waals surface area contributed by atoms with E-state index in [-0.39, 0.29) is 23.7 Å². The molecule has 3 atom stereocenters. The van der Waals surface area contributed by atoms with Gasteiger partial charge in [0, 0.05) is 22.2 Å². The third-order valence-corrected chi connectivity index (χ3v) is 7.14. The minimum Gasteiger partial charge on any atom is -0.496 e. The lowest BCUT2D eigenvalue weighted by molar-refractivity contribution is -0.138. The van der Waals surface area contributed by atoms with Crippen LogP contribution in [0.5, 0.6) is 5.75 Å². The second kappa shape index (κ2) is 7.17. The summed E-state index contributed by atoms with van der Waals surface area (Å²) >= 11 is 0. The molecule has 1 saturated carbocycles. The Bertz CT molecular complexity index is 1080. The zero-order valence-corrected chi connectivity index (χ0v) is 18.2. The highest BCUT2D eigenvalue weighted by Crippen LogP contribution is 2.64. The Labute approximate surface area is 184 Å². The van der Waals surface area contributed by atoms with Crippen LogP contribution in [0.3, 0.4) is 0 Å². The first-order valence-corrected chi connectivity index (χ1v) is 10.9. The van der Waals surface area contributed by atoms with Gasteiger partial charge in [0.15, 0.2) is 0 Å². The van der Waals surface area contributed by atoms with Crippen molar-refractivity contribution in [1.29, 1.82) is 0 Å². The van der Waals surface area contributed by atoms with Gasteiger partial charge in [0.2, 0.25) is 0 Å². The van der Waals surface area contributed by atoms with E-state index in [0.717, 1.165) is 35.7 Å². The minimum absolute atomic E-state index is 0.00369. The summed E-state index contributed by atoms with van der Waals surface area (Å²) in [6, 6.07) is 3.77. The van der Waals surface area contributed by atoms with Crippen molar-refractivity contribution < 1.29 is 32.9 Å². The molecule has 1 aromatic carbocycles. The number of hydrogen-bond donors (Lipinski definition) is 2. The molecule has 2 N–H and O–H groups in total. The van der Waals surface area contributed by atoms with E-state index in [1.807, 2.05) is 13.8 Å². The standard InChI is InChI=1S/C24H26F3NO4/c1-11(2)19-18-13(17-15(29)9-23(6-7-23)22(30)20(17)28-19)10-32-21(18)12-4-5-14(24(25,26)27)16(8-12)31-3/h4-5,8,11,15,21-22,29-30H,6-7,9-10H2,1-3H3. The van der Waals surface area contributed by atoms with Gasteiger partial charge in [-0.05, 0) is 48.4 Å². The van der Waals surface area contributed by atoms with Crippen LogP contribution in [0, 0.1) is 5.41 Å². The number of aliphatic hydroxyl groups is 2. The first-order chi connectivity index (χ1) is 15.1. The molecule has 32 heavy (non-hydrogen) atoms. The molecule has 5 rings (SSSR count). The summed E-state index contributed by atoms with van der Waals surface area (Å²) in [5, 5.41) is 22.0. The molecule has 0 saturated heterocycles. The Morgan fingerprint density at radius 3 is 2.50 bits per heavy atom. The zero-order valence-electron chi connectivity index (χ0n) is 18.2. The number of methoxy groups -OCH3 is 1. The van der Waals surface area contributed by atoms with Crippen LogP contribution in [0.2, 0.25) is 0 Å². The highest BCUT2D eigenvalue weighted by molar-refractivity contribution is 5.52. The molecular weight excluding hydrogens is 423 g/mol. The average molecular weight is 449 g/mol. The van der Waals surface area contributed by atoms with Gasteiger partial charge in [-0.25, -0.2) is 0 Å². The number of halogens is 3. The molecule has 3 unspecified atom stereocenters. The van der Waals surface area contributed by atoms with Crippen molar-refractivity contribution in [3.05, 3.63) is 57.4 Å². The van der Waals surface area contributed by atoms with Crippen molar-refractivity contribution in [3.8, 4) is 5.75 Å². The van der Waals surface area contributed by atoms with Gasteiger partial charge in [-0.15, -0.1) is 0 Å². The van der Waals surface area contributed by atoms with E-state index in [4.69, 9.17) is 14.5 Å². The quantitative estimate of drug-likeness (QED) is 0.682. The number of pyridine rings is 1. The van der Waals surface area contributed by atoms with Gasteiger partial charge >= 0.3 is 6.18 Å². The molecular formula is C24H26F3NO4. The minimum atomic E-state index is -4.53. The third-order valence-electron chi connectivity index (χ3n) is 7.14. The van der Waals surface area contributed by atoms with Crippen LogP contribution in [0.25, 0.3) is 0 Å². The van der Waals surface area contributed by atoms with Gasteiger partial charge in [-0.2, -0.15) is 13.2 Å². The van der Waals surface area contributed by atoms with E-state index in [1.54, 1.807) is 0 Å². The summed E-state index contributed by atoms with van der Waals surface area (Å²) in [7, 11) is 1.21. The van der Waals surface area contributed by atoms with Crippen molar-refractivity contribution >= 4 is 0 Å². The number of rotatable bonds is 3. The maximum Gasteiger partial charge on any atom is 0.419 e. The number of nitrogens with zero attached hydrogens (tertiary/aromatic N) is 1. The average Bonchev–Trinajstić information content (AvgIpc) is 3.37. The molecule has 1 aliphatic heterocycles. The molecule has 5 nitrogen and oxygen atoms in total. The van der Waals surface area contributed by atoms with Crippen molar-refractivity contribution in [2.24, 2.45) is 5.41 Å². The van der Waals surface area contributed by atoms with E-state index in [9.17, 15) is 23.4 Å². The molecule has 3 aliphatic rings. The van der Waals surface area contributed by atoms with Gasteiger partial charge in [0.25, 0.3) is 0 Å². The number of alkyl halides is 3. The Hall–Kier alpha value is -2.16. The van der Waals surface area contributed by atoms with Gasteiger partial charge in [0.1, 0.15) is 18.0 Å². The van der Waals surface area contributed by atoms with Crippen molar-refractivity contribution in [3.63, 3.8) is 0 Å². The maximum absolute atomic E-state index is 13.3. The Morgan fingerprint density at radius 2 is 1.91 bits per heavy atom. The largest absolute Gasteiger partial charge is 0.496 e. The molecule has 2 heterocycles. The Balaban J connectivity index is 1.65. The molecule has 2 aromatic rings. The summed E-state index contributed by atoms with van der Waals surface area (Å²) in [6.07, 6.45) is -4.42. The van der Waals surface area contributed by atoms with Gasteiger partial charge in [-0.3, -0.25) is 4.98 Å². The number of aliphatic hydroxyl groups excluding tert-OH is 2. The third kappa shape index (κ3) is 3.15. The van der Waals surface area contributed by atoms with Crippen LogP contribution in [0.1, 0.15) is 96.5 Å². The lowest BCUT2D eigenvalue weighted by Crippen LogP contribution is -2.28. The van der Waals surface area contributed by atoms with Crippen molar-refractivity contribution in [2.45, 2.75) is 70.1 Å². The van der Waals surface area contributed by atoms with E-state index < -0.39 is 30.1 Å². The molecule has 1 spiro atoms. The summed E-state index contributed by atoms with van der Waals surface area (Å²) in [6.45, 7) is 4.16. The number of hydrogen-bond acceptors (Lipinski definition) is 5. The molecule has 1 aromatic heterocycles. The van der Waals surface area contributed by atoms with Crippen LogP contribution in [0.4, 0.5) is 13.2 Å². The number of benzene rings is 1. The van der Waals surface area contributed by atoms with E-state index in [1.165, 1.54) is 19.2 Å². The molecule has 0 amide bonds. The van der Waals surface area contributed by atoms with Gasteiger partial charge < -0.3 is 19.7 Å². The molecule has 0 bridgehead atoms. The van der Waals surface area contributed by atoms with Gasteiger partial charge in [0.05, 0.1) is 31.1 Å². The number of aromatic nitrogens is 1. The smallest absolute Gasteiger partial charge is 0.419 e. The van der Waals surface area contributed by atoms with Crippen LogP contribution < -0.4 is 4.74 Å². The zero-order chi connectivity index (χ0) is 23.0. The Morgan fingerprint density at radius 1 is 1.19 bits per heavy atom. The molecule has 0 radical (unpaired) electrons. The van der Waals surface area contributed by atoms with Crippen LogP contribution in [-0.2, 0) is 17.5 Å². The summed E-state index contributed by atoms with van der Waals surface area (Å²) in [4.78, 5) is 4.83. The summed E-state index contributed by atoms with van der Waals surface area (Å²) in [5.74, 6) is -0.272. The molecule has 2 aliphatic carbocycles. The van der Waals surface area contributed by atoms with Crippen molar-refractivity contribution in [1.82, 2.24) is 4.98 Å². The van der Waals surface area contributed by atoms with Gasteiger partial charge in [-0.1, -0.05) is 19.9 Å². The van der Waals surface area contributed by atoms with Crippen molar-refractivity contribution in [2.75, 3.05) is 7.11 Å². The van der Waals surface area contributed by atoms with Crippen LogP contribution >= 0.6 is 0 Å².